The summed E-state index contributed by atoms with van der Waals surface area (Å²) in [6.45, 7) is 0. The number of nitrogens with zero attached hydrogens (tertiary/aromatic N) is 3. The molecule has 3 nitrogen and oxygen atoms in total. The van der Waals surface area contributed by atoms with Gasteiger partial charge in [-0.25, -0.2) is 0 Å². The van der Waals surface area contributed by atoms with Crippen LogP contribution in [0.15, 0.2) is 249 Å². The molecule has 0 atom stereocenters. The molecule has 3 aromatic heterocycles. The van der Waals surface area contributed by atoms with Gasteiger partial charge in [-0.05, 0) is 99.6 Å². The molecule has 10 aromatic carbocycles. The summed E-state index contributed by atoms with van der Waals surface area (Å²) in [5, 5.41) is 6.09. The van der Waals surface area contributed by atoms with Crippen LogP contribution in [0.4, 0.5) is 0 Å². The largest absolute Gasteiger partial charge is 0.314 e. The molecule has 0 saturated heterocycles. The van der Waals surface area contributed by atoms with Crippen molar-refractivity contribution in [3.8, 4) is 61.6 Å². The average molecular weight is 828 g/mol. The first kappa shape index (κ1) is 36.9. The monoisotopic (exact) mass is 827 g/mol. The van der Waals surface area contributed by atoms with Crippen LogP contribution < -0.4 is 0 Å². The van der Waals surface area contributed by atoms with Crippen LogP contribution in [0.25, 0.3) is 116 Å². The Kier molecular flexibility index (Phi) is 8.53. The molecule has 0 unspecified atom stereocenters. The molecule has 0 aliphatic carbocycles. The van der Waals surface area contributed by atoms with Crippen molar-refractivity contribution in [2.24, 2.45) is 0 Å². The summed E-state index contributed by atoms with van der Waals surface area (Å²) in [4.78, 5) is 0. The second-order valence-corrected chi connectivity index (χ2v) is 17.0. The van der Waals surface area contributed by atoms with E-state index >= 15 is 0 Å². The first-order valence-electron chi connectivity index (χ1n) is 22.3. The van der Waals surface area contributed by atoms with Gasteiger partial charge >= 0.3 is 0 Å². The third kappa shape index (κ3) is 6.05. The van der Waals surface area contributed by atoms with E-state index in [-0.39, 0.29) is 0 Å². The fourth-order valence-corrected chi connectivity index (χ4v) is 10.2. The summed E-state index contributed by atoms with van der Waals surface area (Å²) in [6.07, 6.45) is 2.33. The minimum absolute atomic E-state index is 1.10. The lowest BCUT2D eigenvalue weighted by Gasteiger charge is -2.17. The van der Waals surface area contributed by atoms with E-state index in [1.165, 1.54) is 76.9 Å². The molecule has 0 aliphatic heterocycles. The van der Waals surface area contributed by atoms with Crippen molar-refractivity contribution in [1.29, 1.82) is 0 Å². The van der Waals surface area contributed by atoms with Gasteiger partial charge in [0, 0.05) is 55.8 Å². The molecule has 65 heavy (non-hydrogen) atoms. The number of benzene rings is 10. The van der Waals surface area contributed by atoms with Gasteiger partial charge in [0.15, 0.2) is 0 Å². The SMILES string of the molecule is c1ccc(-c2cc(-n3c4ccc(-c5ccccc5)cc4c4cc(-c5ccccc5)ccc43)cc(-n3c4ccccc4c4ccc5c(-c6ccccc6)cn(-c6ccccc6)c5c43)c2)cc1. The third-order valence-corrected chi connectivity index (χ3v) is 13.2. The summed E-state index contributed by atoms with van der Waals surface area (Å²) < 4.78 is 7.40. The Bertz CT molecular complexity index is 3800. The number of hydrogen-bond donors (Lipinski definition) is 0. The van der Waals surface area contributed by atoms with E-state index in [1.54, 1.807) is 0 Å². The summed E-state index contributed by atoms with van der Waals surface area (Å²) in [7, 11) is 0. The Labute approximate surface area is 376 Å². The molecule has 0 spiro atoms. The molecule has 13 aromatic rings. The smallest absolute Gasteiger partial charge is 0.0788 e. The highest BCUT2D eigenvalue weighted by Gasteiger charge is 2.23. The van der Waals surface area contributed by atoms with Gasteiger partial charge in [-0.1, -0.05) is 182 Å². The summed E-state index contributed by atoms with van der Waals surface area (Å²) in [5.74, 6) is 0. The lowest BCUT2D eigenvalue weighted by Crippen LogP contribution is -2.01. The van der Waals surface area contributed by atoms with E-state index in [4.69, 9.17) is 0 Å². The van der Waals surface area contributed by atoms with Crippen molar-refractivity contribution in [3.63, 3.8) is 0 Å². The topological polar surface area (TPSA) is 14.8 Å². The van der Waals surface area contributed by atoms with Crippen LogP contribution >= 0.6 is 0 Å². The fourth-order valence-electron chi connectivity index (χ4n) is 10.2. The van der Waals surface area contributed by atoms with Gasteiger partial charge in [-0.3, -0.25) is 0 Å². The van der Waals surface area contributed by atoms with Gasteiger partial charge < -0.3 is 13.7 Å². The molecule has 0 N–H and O–H groups in total. The second-order valence-electron chi connectivity index (χ2n) is 17.0. The highest BCUT2D eigenvalue weighted by molar-refractivity contribution is 6.20. The summed E-state index contributed by atoms with van der Waals surface area (Å²) >= 11 is 0. The lowest BCUT2D eigenvalue weighted by molar-refractivity contribution is 1.11. The molecule has 3 heterocycles. The Balaban J connectivity index is 1.14. The van der Waals surface area contributed by atoms with Crippen LogP contribution in [-0.4, -0.2) is 13.7 Å². The van der Waals surface area contributed by atoms with Crippen LogP contribution in [0.1, 0.15) is 0 Å². The van der Waals surface area contributed by atoms with Crippen LogP contribution in [0.2, 0.25) is 0 Å². The molecular weight excluding hydrogens is 787 g/mol. The predicted molar refractivity (Wildman–Crippen MR) is 274 cm³/mol. The van der Waals surface area contributed by atoms with E-state index in [2.05, 4.69) is 263 Å². The van der Waals surface area contributed by atoms with Gasteiger partial charge in [0.25, 0.3) is 0 Å². The second kappa shape index (κ2) is 15.0. The highest BCUT2D eigenvalue weighted by Crippen LogP contribution is 2.44. The van der Waals surface area contributed by atoms with Gasteiger partial charge in [0.2, 0.25) is 0 Å². The number of aromatic nitrogens is 3. The normalized spacial score (nSPS) is 11.7. The molecule has 0 radical (unpaired) electrons. The summed E-state index contributed by atoms with van der Waals surface area (Å²) in [6, 6.07) is 88.5. The maximum Gasteiger partial charge on any atom is 0.0788 e. The van der Waals surface area contributed by atoms with E-state index < -0.39 is 0 Å². The van der Waals surface area contributed by atoms with Crippen molar-refractivity contribution in [3.05, 3.63) is 249 Å². The molecule has 13 rings (SSSR count). The molecule has 0 saturated carbocycles. The Hall–Kier alpha value is -8.66. The molecule has 304 valence electrons. The van der Waals surface area contributed by atoms with E-state index in [9.17, 15) is 0 Å². The maximum atomic E-state index is 2.52. The third-order valence-electron chi connectivity index (χ3n) is 13.2. The Morgan fingerprint density at radius 2 is 0.692 bits per heavy atom. The molecule has 0 bridgehead atoms. The zero-order valence-corrected chi connectivity index (χ0v) is 35.5. The standard InChI is InChI=1S/C62H41N3/c1-6-18-42(19-7-1)46-30-34-59-55(38-46)56-39-47(43-20-8-2-9-21-43)31-35-60(56)64(59)50-36-48(44-22-10-3-11-23-44)37-51(40-50)65-58-29-17-16-28-52(58)53-32-33-54-57(45-24-12-4-13-25-45)41-63(61(54)62(53)65)49-26-14-5-15-27-49/h1-41H. The average Bonchev–Trinajstić information content (AvgIpc) is 4.05. The summed E-state index contributed by atoms with van der Waals surface area (Å²) in [5.41, 5.74) is 18.7. The number of para-hydroxylation sites is 2. The Morgan fingerprint density at radius 1 is 0.231 bits per heavy atom. The molecule has 0 fully saturated rings. The minimum atomic E-state index is 1.10. The zero-order chi connectivity index (χ0) is 42.8. The van der Waals surface area contributed by atoms with E-state index in [0.29, 0.717) is 0 Å². The molecule has 0 aliphatic rings. The van der Waals surface area contributed by atoms with Crippen LogP contribution in [0.3, 0.4) is 0 Å². The van der Waals surface area contributed by atoms with Crippen molar-refractivity contribution in [1.82, 2.24) is 13.7 Å². The van der Waals surface area contributed by atoms with Gasteiger partial charge in [0.05, 0.1) is 27.6 Å². The van der Waals surface area contributed by atoms with Crippen molar-refractivity contribution < 1.29 is 0 Å². The number of fused-ring (bicyclic) bond motifs is 8. The van der Waals surface area contributed by atoms with Gasteiger partial charge in [-0.2, -0.15) is 0 Å². The molecule has 0 amide bonds. The Morgan fingerprint density at radius 3 is 1.28 bits per heavy atom. The van der Waals surface area contributed by atoms with E-state index in [0.717, 1.165) is 39.2 Å². The minimum Gasteiger partial charge on any atom is -0.314 e. The highest BCUT2D eigenvalue weighted by atomic mass is 15.0. The van der Waals surface area contributed by atoms with Crippen molar-refractivity contribution in [2.45, 2.75) is 0 Å². The first-order chi connectivity index (χ1) is 32.2. The zero-order valence-electron chi connectivity index (χ0n) is 35.5. The fraction of sp³-hybridized carbons (Fsp3) is 0. The van der Waals surface area contributed by atoms with Crippen LogP contribution in [0.5, 0.6) is 0 Å². The first-order valence-corrected chi connectivity index (χ1v) is 22.3. The van der Waals surface area contributed by atoms with Gasteiger partial charge in [0.1, 0.15) is 0 Å². The molecular formula is C62H41N3. The lowest BCUT2D eigenvalue weighted by atomic mass is 10.0. The van der Waals surface area contributed by atoms with Crippen LogP contribution in [0, 0.1) is 0 Å². The van der Waals surface area contributed by atoms with Crippen molar-refractivity contribution >= 4 is 54.5 Å². The van der Waals surface area contributed by atoms with E-state index in [1.807, 2.05) is 0 Å². The molecule has 3 heteroatoms. The van der Waals surface area contributed by atoms with Crippen LogP contribution in [-0.2, 0) is 0 Å². The number of hydrogen-bond acceptors (Lipinski definition) is 0. The number of rotatable bonds is 7. The predicted octanol–water partition coefficient (Wildman–Crippen LogP) is 16.5. The van der Waals surface area contributed by atoms with Crippen molar-refractivity contribution in [2.75, 3.05) is 0 Å². The maximum absolute atomic E-state index is 2.52. The quantitative estimate of drug-likeness (QED) is 0.152. The van der Waals surface area contributed by atoms with Gasteiger partial charge in [-0.15, -0.1) is 0 Å².